The summed E-state index contributed by atoms with van der Waals surface area (Å²) in [5.41, 5.74) is 11.8. The monoisotopic (exact) mass is 638 g/mol. The molecule has 4 heteroatoms. The van der Waals surface area contributed by atoms with E-state index in [2.05, 4.69) is 179 Å². The third kappa shape index (κ3) is 4.39. The lowest BCUT2D eigenvalue weighted by molar-refractivity contribution is 0.996. The average molecular weight is 639 g/mol. The van der Waals surface area contributed by atoms with Gasteiger partial charge in [-0.25, -0.2) is 9.97 Å². The third-order valence-electron chi connectivity index (χ3n) is 9.72. The molecule has 234 valence electrons. The highest BCUT2D eigenvalue weighted by Crippen LogP contribution is 2.46. The Hall–Kier alpha value is -6.78. The van der Waals surface area contributed by atoms with Crippen LogP contribution >= 0.6 is 0 Å². The number of benzene rings is 7. The predicted octanol–water partition coefficient (Wildman–Crippen LogP) is 11.7. The Kier molecular flexibility index (Phi) is 6.46. The first-order valence-corrected chi connectivity index (χ1v) is 16.9. The molecule has 0 aliphatic carbocycles. The summed E-state index contributed by atoms with van der Waals surface area (Å²) in [5.74, 6) is 0.640. The Morgan fingerprint density at radius 3 is 1.40 bits per heavy atom. The number of hydrogen-bond acceptors (Lipinski definition) is 2. The maximum atomic E-state index is 5.32. The van der Waals surface area contributed by atoms with E-state index in [0.717, 1.165) is 55.7 Å². The van der Waals surface area contributed by atoms with E-state index >= 15 is 0 Å². The second-order valence-corrected chi connectivity index (χ2v) is 12.6. The smallest absolute Gasteiger partial charge is 0.235 e. The molecule has 0 saturated carbocycles. The SMILES string of the molecule is c1ccc(-c2cc(-c3ccccc3)nc(-n3c4ccccc4c4c5c6ccccc6n(-c6ccccc6)c5c(-c5ccccc5)cc43)n2)cc1. The highest BCUT2D eigenvalue weighted by atomic mass is 15.2. The van der Waals surface area contributed by atoms with Crippen LogP contribution in [0.25, 0.3) is 88.9 Å². The zero-order valence-corrected chi connectivity index (χ0v) is 27.1. The second-order valence-electron chi connectivity index (χ2n) is 12.6. The Bertz CT molecular complexity index is 2780. The van der Waals surface area contributed by atoms with Crippen molar-refractivity contribution in [2.45, 2.75) is 0 Å². The first-order chi connectivity index (χ1) is 24.8. The highest BCUT2D eigenvalue weighted by molar-refractivity contribution is 6.31. The van der Waals surface area contributed by atoms with Gasteiger partial charge in [-0.15, -0.1) is 0 Å². The van der Waals surface area contributed by atoms with Crippen LogP contribution in [0.5, 0.6) is 0 Å². The highest BCUT2D eigenvalue weighted by Gasteiger charge is 2.25. The van der Waals surface area contributed by atoms with Crippen LogP contribution < -0.4 is 0 Å². The molecule has 0 bridgehead atoms. The van der Waals surface area contributed by atoms with Gasteiger partial charge in [0.1, 0.15) is 0 Å². The molecule has 50 heavy (non-hydrogen) atoms. The molecule has 0 amide bonds. The van der Waals surface area contributed by atoms with Crippen LogP contribution in [0.15, 0.2) is 182 Å². The van der Waals surface area contributed by atoms with Gasteiger partial charge in [0.2, 0.25) is 5.95 Å². The number of nitrogens with zero attached hydrogens (tertiary/aromatic N) is 4. The molecule has 0 spiro atoms. The Morgan fingerprint density at radius 1 is 0.360 bits per heavy atom. The van der Waals surface area contributed by atoms with E-state index in [4.69, 9.17) is 9.97 Å². The molecule has 10 aromatic rings. The Morgan fingerprint density at radius 2 is 0.820 bits per heavy atom. The minimum Gasteiger partial charge on any atom is -0.309 e. The normalized spacial score (nSPS) is 11.6. The van der Waals surface area contributed by atoms with Crippen molar-refractivity contribution in [1.82, 2.24) is 19.1 Å². The topological polar surface area (TPSA) is 35.6 Å². The quantitative estimate of drug-likeness (QED) is 0.188. The van der Waals surface area contributed by atoms with E-state index in [1.54, 1.807) is 0 Å². The molecule has 0 fully saturated rings. The van der Waals surface area contributed by atoms with Crippen LogP contribution in [-0.2, 0) is 0 Å². The summed E-state index contributed by atoms with van der Waals surface area (Å²) in [6, 6.07) is 64.1. The maximum Gasteiger partial charge on any atom is 0.235 e. The number of para-hydroxylation sites is 3. The molecule has 3 aromatic heterocycles. The van der Waals surface area contributed by atoms with Crippen molar-refractivity contribution in [2.75, 3.05) is 0 Å². The van der Waals surface area contributed by atoms with Crippen LogP contribution in [-0.4, -0.2) is 19.1 Å². The van der Waals surface area contributed by atoms with E-state index in [1.807, 2.05) is 12.1 Å². The van der Waals surface area contributed by atoms with Gasteiger partial charge in [-0.2, -0.15) is 0 Å². The van der Waals surface area contributed by atoms with Gasteiger partial charge in [-0.05, 0) is 42.0 Å². The summed E-state index contributed by atoms with van der Waals surface area (Å²) in [5, 5.41) is 4.79. The average Bonchev–Trinajstić information content (AvgIpc) is 3.72. The van der Waals surface area contributed by atoms with Crippen molar-refractivity contribution in [2.24, 2.45) is 0 Å². The van der Waals surface area contributed by atoms with E-state index in [1.165, 1.54) is 27.2 Å². The van der Waals surface area contributed by atoms with Crippen LogP contribution in [0.2, 0.25) is 0 Å². The van der Waals surface area contributed by atoms with Crippen molar-refractivity contribution >= 4 is 43.6 Å². The van der Waals surface area contributed by atoms with Gasteiger partial charge in [0.05, 0.1) is 33.5 Å². The van der Waals surface area contributed by atoms with Crippen molar-refractivity contribution in [1.29, 1.82) is 0 Å². The number of rotatable bonds is 5. The second kappa shape index (κ2) is 11.4. The van der Waals surface area contributed by atoms with Crippen molar-refractivity contribution in [3.05, 3.63) is 182 Å². The van der Waals surface area contributed by atoms with Crippen LogP contribution in [0.4, 0.5) is 0 Å². The van der Waals surface area contributed by atoms with Gasteiger partial charge in [0.15, 0.2) is 0 Å². The van der Waals surface area contributed by atoms with Crippen LogP contribution in [0.3, 0.4) is 0 Å². The number of hydrogen-bond donors (Lipinski definition) is 0. The van der Waals surface area contributed by atoms with E-state index < -0.39 is 0 Å². The number of fused-ring (bicyclic) bond motifs is 7. The Balaban J connectivity index is 1.40. The molecule has 0 unspecified atom stereocenters. The van der Waals surface area contributed by atoms with Crippen LogP contribution in [0.1, 0.15) is 0 Å². The molecule has 0 aliphatic heterocycles. The zero-order chi connectivity index (χ0) is 33.0. The molecule has 7 aromatic carbocycles. The van der Waals surface area contributed by atoms with Gasteiger partial charge in [-0.3, -0.25) is 4.57 Å². The molecule has 0 atom stereocenters. The summed E-state index contributed by atoms with van der Waals surface area (Å²) in [4.78, 5) is 10.6. The van der Waals surface area contributed by atoms with Gasteiger partial charge < -0.3 is 4.57 Å². The fraction of sp³-hybridized carbons (Fsp3) is 0. The standard InChI is InChI=1S/C46H30N4/c1-5-17-31(18-6-1)37-29-42-43(44-36-26-14-15-27-40(36)49(45(37)44)34-23-11-4-12-24-34)35-25-13-16-28-41(35)50(42)46-47-38(32-19-7-2-8-20-32)30-39(48-46)33-21-9-3-10-22-33/h1-30H. The fourth-order valence-corrected chi connectivity index (χ4v) is 7.56. The molecule has 0 saturated heterocycles. The molecular weight excluding hydrogens is 609 g/mol. The first kappa shape index (κ1) is 28.3. The molecule has 0 aliphatic rings. The minimum absolute atomic E-state index is 0.640. The first-order valence-electron chi connectivity index (χ1n) is 16.9. The van der Waals surface area contributed by atoms with Crippen LogP contribution in [0, 0.1) is 0 Å². The lowest BCUT2D eigenvalue weighted by Crippen LogP contribution is -2.04. The lowest BCUT2D eigenvalue weighted by Gasteiger charge is -2.14. The molecule has 0 radical (unpaired) electrons. The summed E-state index contributed by atoms with van der Waals surface area (Å²) in [6.45, 7) is 0. The zero-order valence-electron chi connectivity index (χ0n) is 27.1. The Labute approximate surface area is 289 Å². The predicted molar refractivity (Wildman–Crippen MR) is 207 cm³/mol. The van der Waals surface area contributed by atoms with Crippen molar-refractivity contribution in [3.8, 4) is 45.3 Å². The summed E-state index contributed by atoms with van der Waals surface area (Å²) in [7, 11) is 0. The summed E-state index contributed by atoms with van der Waals surface area (Å²) < 4.78 is 4.70. The van der Waals surface area contributed by atoms with Crippen molar-refractivity contribution < 1.29 is 0 Å². The van der Waals surface area contributed by atoms with Crippen molar-refractivity contribution in [3.63, 3.8) is 0 Å². The summed E-state index contributed by atoms with van der Waals surface area (Å²) in [6.07, 6.45) is 0. The van der Waals surface area contributed by atoms with Gasteiger partial charge in [0.25, 0.3) is 0 Å². The van der Waals surface area contributed by atoms with Gasteiger partial charge >= 0.3 is 0 Å². The van der Waals surface area contributed by atoms with Gasteiger partial charge in [-0.1, -0.05) is 146 Å². The fourth-order valence-electron chi connectivity index (χ4n) is 7.56. The third-order valence-corrected chi connectivity index (χ3v) is 9.72. The molecule has 0 N–H and O–H groups in total. The molecule has 3 heterocycles. The maximum absolute atomic E-state index is 5.32. The van der Waals surface area contributed by atoms with E-state index in [0.29, 0.717) is 5.95 Å². The summed E-state index contributed by atoms with van der Waals surface area (Å²) >= 11 is 0. The van der Waals surface area contributed by atoms with E-state index in [9.17, 15) is 0 Å². The minimum atomic E-state index is 0.640. The molecular formula is C46H30N4. The molecule has 10 rings (SSSR count). The number of aromatic nitrogens is 4. The largest absolute Gasteiger partial charge is 0.309 e. The molecule has 4 nitrogen and oxygen atoms in total. The lowest BCUT2D eigenvalue weighted by atomic mass is 9.98. The van der Waals surface area contributed by atoms with Gasteiger partial charge in [0, 0.05) is 43.9 Å². The van der Waals surface area contributed by atoms with E-state index in [-0.39, 0.29) is 0 Å².